The van der Waals surface area contributed by atoms with Gasteiger partial charge in [-0.05, 0) is 80.4 Å². The van der Waals surface area contributed by atoms with Gasteiger partial charge in [-0.2, -0.15) is 5.10 Å². The van der Waals surface area contributed by atoms with Gasteiger partial charge in [-0.1, -0.05) is 11.6 Å². The highest BCUT2D eigenvalue weighted by atomic mass is 35.5. The minimum absolute atomic E-state index is 0.00867. The number of nitrogens with one attached hydrogen (secondary N) is 1. The van der Waals surface area contributed by atoms with Crippen molar-refractivity contribution in [3.63, 3.8) is 0 Å². The van der Waals surface area contributed by atoms with Crippen LogP contribution >= 0.6 is 11.6 Å². The number of carbonyl (C=O) groups is 1. The molecule has 2 N–H and O–H groups in total. The zero-order valence-electron chi connectivity index (χ0n) is 20.7. The van der Waals surface area contributed by atoms with Crippen LogP contribution < -0.4 is 5.32 Å². The van der Waals surface area contributed by atoms with Gasteiger partial charge in [0.2, 0.25) is 5.91 Å². The number of likely N-dealkylation sites (tertiary alicyclic amines) is 1. The van der Waals surface area contributed by atoms with E-state index in [9.17, 15) is 9.90 Å². The number of carbonyl (C=O) groups excluding carboxylic acids is 1. The van der Waals surface area contributed by atoms with E-state index < -0.39 is 6.10 Å². The molecule has 1 saturated carbocycles. The zero-order chi connectivity index (χ0) is 25.0. The van der Waals surface area contributed by atoms with E-state index in [1.807, 2.05) is 31.4 Å². The fourth-order valence-corrected chi connectivity index (χ4v) is 6.21. The SMILES string of the molecule is Cn1ccc([C@@H]2C[C@H]2C(=O)Nc2cc3cc(C4CCN([C@@]5(C)COC[C@H]5O)CC4)c(Cl)cc3cn2)n1. The van der Waals surface area contributed by atoms with Crippen molar-refractivity contribution in [2.24, 2.45) is 13.0 Å². The first-order chi connectivity index (χ1) is 17.3. The summed E-state index contributed by atoms with van der Waals surface area (Å²) >= 11 is 6.72. The maximum absolute atomic E-state index is 12.8. The number of ether oxygens (including phenoxy) is 1. The van der Waals surface area contributed by atoms with Crippen LogP contribution in [0.2, 0.25) is 5.02 Å². The highest BCUT2D eigenvalue weighted by Crippen LogP contribution is 2.47. The van der Waals surface area contributed by atoms with Crippen LogP contribution in [0.5, 0.6) is 0 Å². The van der Waals surface area contributed by atoms with Crippen molar-refractivity contribution < 1.29 is 14.6 Å². The summed E-state index contributed by atoms with van der Waals surface area (Å²) in [5.41, 5.74) is 1.80. The number of pyridine rings is 1. The van der Waals surface area contributed by atoms with E-state index in [2.05, 4.69) is 33.3 Å². The molecule has 4 atom stereocenters. The second-order valence-electron chi connectivity index (χ2n) is 10.8. The Morgan fingerprint density at radius 3 is 2.75 bits per heavy atom. The number of anilines is 1. The van der Waals surface area contributed by atoms with Gasteiger partial charge in [0.15, 0.2) is 0 Å². The average molecular weight is 510 g/mol. The normalized spacial score (nSPS) is 29.1. The molecule has 0 unspecified atom stereocenters. The maximum Gasteiger partial charge on any atom is 0.229 e. The number of hydrogen-bond acceptors (Lipinski definition) is 6. The maximum atomic E-state index is 12.8. The molecule has 4 heterocycles. The summed E-state index contributed by atoms with van der Waals surface area (Å²) in [6.45, 7) is 4.86. The van der Waals surface area contributed by atoms with E-state index in [1.54, 1.807) is 10.9 Å². The molecule has 190 valence electrons. The Morgan fingerprint density at radius 1 is 1.25 bits per heavy atom. The van der Waals surface area contributed by atoms with Gasteiger partial charge in [0.25, 0.3) is 0 Å². The number of aromatic nitrogens is 3. The number of aliphatic hydroxyl groups is 1. The number of hydrogen-bond donors (Lipinski definition) is 2. The van der Waals surface area contributed by atoms with Crippen molar-refractivity contribution in [1.82, 2.24) is 19.7 Å². The molecule has 0 spiro atoms. The predicted octanol–water partition coefficient (Wildman–Crippen LogP) is 3.69. The van der Waals surface area contributed by atoms with Crippen molar-refractivity contribution >= 4 is 34.1 Å². The number of nitrogens with zero attached hydrogens (tertiary/aromatic N) is 4. The zero-order valence-corrected chi connectivity index (χ0v) is 21.4. The van der Waals surface area contributed by atoms with E-state index >= 15 is 0 Å². The number of rotatable bonds is 5. The molecule has 8 nitrogen and oxygen atoms in total. The molecule has 1 aliphatic carbocycles. The van der Waals surface area contributed by atoms with Gasteiger partial charge in [-0.15, -0.1) is 0 Å². The largest absolute Gasteiger partial charge is 0.389 e. The van der Waals surface area contributed by atoms with Crippen LogP contribution in [-0.4, -0.2) is 68.6 Å². The van der Waals surface area contributed by atoms with Crippen molar-refractivity contribution in [2.45, 2.75) is 49.7 Å². The van der Waals surface area contributed by atoms with Crippen LogP contribution in [0.15, 0.2) is 36.7 Å². The molecule has 2 aromatic heterocycles. The Morgan fingerprint density at radius 2 is 2.06 bits per heavy atom. The molecule has 6 rings (SSSR count). The van der Waals surface area contributed by atoms with Crippen LogP contribution in [-0.2, 0) is 16.6 Å². The summed E-state index contributed by atoms with van der Waals surface area (Å²) in [6, 6.07) is 8.04. The first-order valence-corrected chi connectivity index (χ1v) is 13.1. The minimum Gasteiger partial charge on any atom is -0.389 e. The molecule has 2 saturated heterocycles. The number of piperidine rings is 1. The van der Waals surface area contributed by atoms with E-state index in [4.69, 9.17) is 16.3 Å². The Hall–Kier alpha value is -2.52. The molecule has 9 heteroatoms. The third-order valence-electron chi connectivity index (χ3n) is 8.37. The molecule has 3 aromatic rings. The predicted molar refractivity (Wildman–Crippen MR) is 138 cm³/mol. The minimum atomic E-state index is -0.450. The number of aliphatic hydroxyl groups excluding tert-OH is 1. The van der Waals surface area contributed by atoms with Crippen molar-refractivity contribution in [2.75, 3.05) is 31.6 Å². The van der Waals surface area contributed by atoms with Gasteiger partial charge in [-0.3, -0.25) is 14.4 Å². The fraction of sp³-hybridized carbons (Fsp3) is 0.519. The Kier molecular flexibility index (Phi) is 6.03. The highest BCUT2D eigenvalue weighted by molar-refractivity contribution is 6.32. The second-order valence-corrected chi connectivity index (χ2v) is 11.2. The first-order valence-electron chi connectivity index (χ1n) is 12.7. The molecule has 3 aliphatic rings. The van der Waals surface area contributed by atoms with Crippen LogP contribution in [0, 0.1) is 5.92 Å². The summed E-state index contributed by atoms with van der Waals surface area (Å²) in [4.78, 5) is 19.6. The van der Waals surface area contributed by atoms with Crippen molar-refractivity contribution in [3.8, 4) is 0 Å². The molecule has 36 heavy (non-hydrogen) atoms. The van der Waals surface area contributed by atoms with Gasteiger partial charge in [0.1, 0.15) is 5.82 Å². The quantitative estimate of drug-likeness (QED) is 0.545. The van der Waals surface area contributed by atoms with Gasteiger partial charge in [0.05, 0.1) is 30.6 Å². The fourth-order valence-electron chi connectivity index (χ4n) is 5.88. The highest BCUT2D eigenvalue weighted by Gasteiger charge is 2.46. The standard InChI is InChI=1S/C27H32ClN5O3/c1-27(15-36-14-24(27)34)33-7-3-16(4-8-33)19-9-17-11-25(29-13-18(17)10-22(19)28)30-26(35)21-12-20(21)23-5-6-32(2)31-23/h5-6,9-11,13,16,20-21,24,34H,3-4,7-8,12,14-15H2,1-2H3,(H,29,30,35)/t20-,21-,24-,27+/m1/s1. The van der Waals surface area contributed by atoms with Crippen LogP contribution in [0.3, 0.4) is 0 Å². The van der Waals surface area contributed by atoms with Gasteiger partial charge >= 0.3 is 0 Å². The summed E-state index contributed by atoms with van der Waals surface area (Å²) in [5.74, 6) is 1.02. The molecule has 0 bridgehead atoms. The third kappa shape index (κ3) is 4.30. The van der Waals surface area contributed by atoms with E-state index in [-0.39, 0.29) is 23.3 Å². The van der Waals surface area contributed by atoms with Gasteiger partial charge < -0.3 is 15.2 Å². The summed E-state index contributed by atoms with van der Waals surface area (Å²) in [5, 5.41) is 20.6. The lowest BCUT2D eigenvalue weighted by atomic mass is 9.85. The lowest BCUT2D eigenvalue weighted by Crippen LogP contribution is -2.56. The molecule has 2 aliphatic heterocycles. The number of benzene rings is 1. The molecular formula is C27H32ClN5O3. The summed E-state index contributed by atoms with van der Waals surface area (Å²) in [6.07, 6.45) is 5.99. The van der Waals surface area contributed by atoms with Gasteiger partial charge in [0, 0.05) is 41.7 Å². The lowest BCUT2D eigenvalue weighted by Gasteiger charge is -2.43. The average Bonchev–Trinajstić information content (AvgIpc) is 3.44. The van der Waals surface area contributed by atoms with Crippen molar-refractivity contribution in [1.29, 1.82) is 0 Å². The molecular weight excluding hydrogens is 478 g/mol. The smallest absolute Gasteiger partial charge is 0.229 e. The molecule has 1 aromatic carbocycles. The molecule has 1 amide bonds. The Balaban J connectivity index is 1.15. The van der Waals surface area contributed by atoms with E-state index in [0.717, 1.165) is 59.4 Å². The summed E-state index contributed by atoms with van der Waals surface area (Å²) < 4.78 is 7.31. The van der Waals surface area contributed by atoms with Crippen LogP contribution in [0.25, 0.3) is 10.8 Å². The first kappa shape index (κ1) is 23.9. The lowest BCUT2D eigenvalue weighted by molar-refractivity contribution is -0.117. The number of amides is 1. The third-order valence-corrected chi connectivity index (χ3v) is 8.70. The Labute approximate surface area is 215 Å². The molecule has 3 fully saturated rings. The summed E-state index contributed by atoms with van der Waals surface area (Å²) in [7, 11) is 1.89. The number of aryl methyl sites for hydroxylation is 1. The molecule has 0 radical (unpaired) electrons. The van der Waals surface area contributed by atoms with Crippen LogP contribution in [0.4, 0.5) is 5.82 Å². The number of halogens is 1. The van der Waals surface area contributed by atoms with Crippen molar-refractivity contribution in [3.05, 3.63) is 52.9 Å². The van der Waals surface area contributed by atoms with Gasteiger partial charge in [-0.25, -0.2) is 4.98 Å². The van der Waals surface area contributed by atoms with Crippen LogP contribution in [0.1, 0.15) is 49.3 Å². The monoisotopic (exact) mass is 509 g/mol. The van der Waals surface area contributed by atoms with E-state index in [0.29, 0.717) is 24.9 Å². The number of fused-ring (bicyclic) bond motifs is 1. The topological polar surface area (TPSA) is 92.5 Å². The van der Waals surface area contributed by atoms with E-state index in [1.165, 1.54) is 0 Å². The second kappa shape index (κ2) is 9.10. The Bertz CT molecular complexity index is 1300.